The van der Waals surface area contributed by atoms with Gasteiger partial charge in [-0.15, -0.1) is 11.8 Å². The van der Waals surface area contributed by atoms with Crippen molar-refractivity contribution in [1.29, 1.82) is 0 Å². The van der Waals surface area contributed by atoms with Crippen LogP contribution in [0.4, 0.5) is 4.79 Å². The van der Waals surface area contributed by atoms with Crippen LogP contribution in [0.15, 0.2) is 34.3 Å². The van der Waals surface area contributed by atoms with Crippen LogP contribution in [0.25, 0.3) is 0 Å². The number of hydrogen-bond acceptors (Lipinski definition) is 4. The minimum absolute atomic E-state index is 0.350. The monoisotopic (exact) mass is 250 g/mol. The van der Waals surface area contributed by atoms with Gasteiger partial charge in [0.05, 0.1) is 12.3 Å². The summed E-state index contributed by atoms with van der Waals surface area (Å²) < 4.78 is 4.76. The molecule has 0 aromatic heterocycles. The zero-order valence-electron chi connectivity index (χ0n) is 9.60. The van der Waals surface area contributed by atoms with Gasteiger partial charge in [0.15, 0.2) is 0 Å². The van der Waals surface area contributed by atoms with E-state index in [-0.39, 0.29) is 0 Å². The summed E-state index contributed by atoms with van der Waals surface area (Å²) in [5.41, 5.74) is 4.42. The lowest BCUT2D eigenvalue weighted by Crippen LogP contribution is -2.22. The molecule has 1 aliphatic rings. The number of thioether (sulfide) groups is 1. The number of fused-ring (bicyclic) bond motifs is 1. The van der Waals surface area contributed by atoms with Crippen LogP contribution in [0.3, 0.4) is 0 Å². The van der Waals surface area contributed by atoms with Crippen LogP contribution in [0.2, 0.25) is 0 Å². The van der Waals surface area contributed by atoms with E-state index in [9.17, 15) is 4.79 Å². The first-order valence-corrected chi connectivity index (χ1v) is 6.51. The number of amides is 1. The summed E-state index contributed by atoms with van der Waals surface area (Å²) in [5.74, 6) is 0.986. The van der Waals surface area contributed by atoms with Crippen LogP contribution in [-0.2, 0) is 4.74 Å². The molecule has 0 atom stereocenters. The van der Waals surface area contributed by atoms with Crippen LogP contribution in [0, 0.1) is 0 Å². The van der Waals surface area contributed by atoms with Crippen LogP contribution in [0.5, 0.6) is 0 Å². The van der Waals surface area contributed by atoms with Crippen molar-refractivity contribution in [2.45, 2.75) is 18.2 Å². The second-order valence-corrected chi connectivity index (χ2v) is 4.62. The number of hydrogen-bond donors (Lipinski definition) is 1. The molecule has 4 nitrogen and oxygen atoms in total. The number of ether oxygens (including phenoxy) is 1. The number of rotatable bonds is 2. The first kappa shape index (κ1) is 12.0. The van der Waals surface area contributed by atoms with Crippen LogP contribution < -0.4 is 5.43 Å². The van der Waals surface area contributed by atoms with E-state index in [1.165, 1.54) is 4.90 Å². The molecule has 0 saturated heterocycles. The van der Waals surface area contributed by atoms with Crippen molar-refractivity contribution >= 4 is 23.6 Å². The molecule has 5 heteroatoms. The lowest BCUT2D eigenvalue weighted by molar-refractivity contribution is 0.152. The quantitative estimate of drug-likeness (QED) is 0.821. The van der Waals surface area contributed by atoms with Gasteiger partial charge in [0.2, 0.25) is 0 Å². The van der Waals surface area contributed by atoms with Crippen molar-refractivity contribution in [2.75, 3.05) is 12.4 Å². The fourth-order valence-corrected chi connectivity index (χ4v) is 2.65. The highest BCUT2D eigenvalue weighted by atomic mass is 32.2. The van der Waals surface area contributed by atoms with E-state index in [1.807, 2.05) is 30.0 Å². The molecule has 90 valence electrons. The highest BCUT2D eigenvalue weighted by molar-refractivity contribution is 7.99. The van der Waals surface area contributed by atoms with Crippen molar-refractivity contribution in [2.24, 2.45) is 5.10 Å². The molecule has 17 heavy (non-hydrogen) atoms. The van der Waals surface area contributed by atoms with Crippen LogP contribution >= 0.6 is 11.8 Å². The molecule has 0 aliphatic carbocycles. The number of nitrogens with zero attached hydrogens (tertiary/aromatic N) is 1. The van der Waals surface area contributed by atoms with E-state index in [4.69, 9.17) is 4.74 Å². The van der Waals surface area contributed by atoms with Gasteiger partial charge in [-0.25, -0.2) is 10.2 Å². The van der Waals surface area contributed by atoms with Gasteiger partial charge in [0.1, 0.15) is 0 Å². The molecule has 1 heterocycles. The predicted molar refractivity (Wildman–Crippen MR) is 68.5 cm³/mol. The van der Waals surface area contributed by atoms with E-state index in [0.717, 1.165) is 23.4 Å². The fourth-order valence-electron chi connectivity index (χ4n) is 1.62. The van der Waals surface area contributed by atoms with Gasteiger partial charge >= 0.3 is 6.09 Å². The lowest BCUT2D eigenvalue weighted by atomic mass is 10.1. The predicted octanol–water partition coefficient (Wildman–Crippen LogP) is 2.63. The molecule has 1 amide bonds. The number of carbonyl (C=O) groups is 1. The van der Waals surface area contributed by atoms with E-state index in [0.29, 0.717) is 6.61 Å². The maximum absolute atomic E-state index is 11.2. The van der Waals surface area contributed by atoms with E-state index in [1.54, 1.807) is 6.92 Å². The van der Waals surface area contributed by atoms with Gasteiger partial charge < -0.3 is 4.74 Å². The summed E-state index contributed by atoms with van der Waals surface area (Å²) in [6.45, 7) is 2.11. The maximum atomic E-state index is 11.2. The SMILES string of the molecule is CCOC(=O)N/N=C1\CCSc2ccccc21. The molecule has 0 bridgehead atoms. The Morgan fingerprint density at radius 1 is 1.53 bits per heavy atom. The number of hydrazone groups is 1. The molecule has 0 fully saturated rings. The number of benzene rings is 1. The minimum atomic E-state index is -0.504. The summed E-state index contributed by atoms with van der Waals surface area (Å²) >= 11 is 1.81. The Bertz CT molecular complexity index is 446. The van der Waals surface area contributed by atoms with E-state index in [2.05, 4.69) is 16.6 Å². The first-order chi connectivity index (χ1) is 8.31. The molecular formula is C12H14N2O2S. The first-order valence-electron chi connectivity index (χ1n) is 5.52. The van der Waals surface area contributed by atoms with Crippen molar-refractivity contribution in [1.82, 2.24) is 5.43 Å². The topological polar surface area (TPSA) is 50.7 Å². The largest absolute Gasteiger partial charge is 0.449 e. The van der Waals surface area contributed by atoms with Gasteiger partial charge in [-0.2, -0.15) is 5.10 Å². The Morgan fingerprint density at radius 2 is 2.35 bits per heavy atom. The van der Waals surface area contributed by atoms with Crippen molar-refractivity contribution in [3.63, 3.8) is 0 Å². The summed E-state index contributed by atoms with van der Waals surface area (Å²) in [4.78, 5) is 12.4. The number of nitrogens with one attached hydrogen (secondary N) is 1. The van der Waals surface area contributed by atoms with Gasteiger partial charge in [0.25, 0.3) is 0 Å². The summed E-state index contributed by atoms with van der Waals surface area (Å²) in [6, 6.07) is 8.07. The van der Waals surface area contributed by atoms with E-state index < -0.39 is 6.09 Å². The highest BCUT2D eigenvalue weighted by Gasteiger charge is 2.15. The Kier molecular flexibility index (Phi) is 4.03. The molecule has 0 unspecified atom stereocenters. The third-order valence-corrected chi connectivity index (χ3v) is 3.43. The molecule has 2 rings (SSSR count). The zero-order chi connectivity index (χ0) is 12.1. The molecule has 1 aliphatic heterocycles. The molecule has 1 aromatic rings. The van der Waals surface area contributed by atoms with Crippen molar-refractivity contribution in [3.05, 3.63) is 29.8 Å². The van der Waals surface area contributed by atoms with Crippen LogP contribution in [-0.4, -0.2) is 24.2 Å². The van der Waals surface area contributed by atoms with Gasteiger partial charge in [0, 0.05) is 22.6 Å². The second kappa shape index (κ2) is 5.72. The normalized spacial score (nSPS) is 16.4. The number of carbonyl (C=O) groups excluding carboxylic acids is 1. The maximum Gasteiger partial charge on any atom is 0.427 e. The van der Waals surface area contributed by atoms with Gasteiger partial charge in [-0.05, 0) is 13.0 Å². The third kappa shape index (κ3) is 3.00. The zero-order valence-corrected chi connectivity index (χ0v) is 10.4. The highest BCUT2D eigenvalue weighted by Crippen LogP contribution is 2.29. The Labute approximate surface area is 104 Å². The lowest BCUT2D eigenvalue weighted by Gasteiger charge is -2.16. The smallest absolute Gasteiger partial charge is 0.427 e. The minimum Gasteiger partial charge on any atom is -0.449 e. The standard InChI is InChI=1S/C12H14N2O2S/c1-2-16-12(15)14-13-10-7-8-17-11-6-4-3-5-9(10)11/h3-6H,2,7-8H2,1H3,(H,14,15)/b13-10+. The van der Waals surface area contributed by atoms with Gasteiger partial charge in [-0.3, -0.25) is 0 Å². The Morgan fingerprint density at radius 3 is 3.18 bits per heavy atom. The molecule has 0 radical (unpaired) electrons. The van der Waals surface area contributed by atoms with Crippen LogP contribution in [0.1, 0.15) is 18.9 Å². The van der Waals surface area contributed by atoms with Gasteiger partial charge in [-0.1, -0.05) is 18.2 Å². The Balaban J connectivity index is 2.12. The van der Waals surface area contributed by atoms with Crippen molar-refractivity contribution in [3.8, 4) is 0 Å². The average Bonchev–Trinajstić information content (AvgIpc) is 2.36. The summed E-state index contributed by atoms with van der Waals surface area (Å²) in [5, 5.41) is 4.12. The van der Waals surface area contributed by atoms with Crippen molar-refractivity contribution < 1.29 is 9.53 Å². The molecular weight excluding hydrogens is 236 g/mol. The molecule has 0 spiro atoms. The molecule has 1 aromatic carbocycles. The Hall–Kier alpha value is -1.49. The molecule has 0 saturated carbocycles. The second-order valence-electron chi connectivity index (χ2n) is 3.49. The van der Waals surface area contributed by atoms with E-state index >= 15 is 0 Å². The summed E-state index contributed by atoms with van der Waals surface area (Å²) in [7, 11) is 0. The fraction of sp³-hybridized carbons (Fsp3) is 0.333. The average molecular weight is 250 g/mol. The molecule has 1 N–H and O–H groups in total. The third-order valence-electron chi connectivity index (χ3n) is 2.35. The summed E-state index contributed by atoms with van der Waals surface area (Å²) in [6.07, 6.45) is 0.351.